The number of carboxylic acid groups (broad SMARTS) is 3. The van der Waals surface area contributed by atoms with Gasteiger partial charge >= 0.3 is 17.9 Å². The molecule has 686 valence electrons. The maximum absolute atomic E-state index is 13.8. The van der Waals surface area contributed by atoms with Gasteiger partial charge in [0.15, 0.2) is 12.6 Å². The van der Waals surface area contributed by atoms with Crippen molar-refractivity contribution in [3.8, 4) is 0 Å². The average molecular weight is 1710 g/mol. The van der Waals surface area contributed by atoms with Crippen molar-refractivity contribution in [3.63, 3.8) is 0 Å². The maximum atomic E-state index is 13.8. The third-order valence-electron chi connectivity index (χ3n) is 22.3. The van der Waals surface area contributed by atoms with Crippen molar-refractivity contribution in [2.24, 2.45) is 0 Å². The Labute approximate surface area is 686 Å². The summed E-state index contributed by atoms with van der Waals surface area (Å²) in [7, 11) is 0. The van der Waals surface area contributed by atoms with Crippen LogP contribution >= 0.6 is 0 Å². The number of ether oxygens (including phenoxy) is 10. The highest BCUT2D eigenvalue weighted by molar-refractivity contribution is 5.79. The molecule has 30 unspecified atom stereocenters. The van der Waals surface area contributed by atoms with Gasteiger partial charge in [0, 0.05) is 46.5 Å². The Morgan fingerprint density at radius 1 is 0.424 bits per heavy atom. The van der Waals surface area contributed by atoms with E-state index in [0.29, 0.717) is 12.8 Å². The lowest BCUT2D eigenvalue weighted by Gasteiger charge is -2.51. The summed E-state index contributed by atoms with van der Waals surface area (Å²) in [5, 5.41) is 235. The van der Waals surface area contributed by atoms with Crippen molar-refractivity contribution >= 4 is 41.5 Å². The molecular weight excluding hydrogens is 1570 g/mol. The van der Waals surface area contributed by atoms with E-state index in [0.717, 1.165) is 85.0 Å². The highest BCUT2D eigenvalue weighted by Crippen LogP contribution is 2.43. The number of hydrogen-bond acceptors (Lipinski definition) is 34. The van der Waals surface area contributed by atoms with E-state index in [-0.39, 0.29) is 18.7 Å². The summed E-state index contributed by atoms with van der Waals surface area (Å²) in [5.74, 6) is -20.5. The van der Waals surface area contributed by atoms with E-state index >= 15 is 0 Å². The first-order chi connectivity index (χ1) is 56.0. The summed E-state index contributed by atoms with van der Waals surface area (Å²) in [6.45, 7) is -0.0448. The van der Waals surface area contributed by atoms with Crippen LogP contribution in [-0.2, 0) is 80.9 Å². The Bertz CT molecular complexity index is 2980. The minimum absolute atomic E-state index is 0.145. The number of carbonyl (C=O) groups is 7. The van der Waals surface area contributed by atoms with Crippen molar-refractivity contribution in [1.29, 1.82) is 0 Å². The van der Waals surface area contributed by atoms with Crippen LogP contribution in [0, 0.1) is 0 Å². The lowest BCUT2D eigenvalue weighted by molar-refractivity contribution is -0.388. The van der Waals surface area contributed by atoms with Gasteiger partial charge in [-0.1, -0.05) is 162 Å². The topological polar surface area (TPSA) is 665 Å². The highest BCUT2D eigenvalue weighted by atomic mass is 16.8. The molecule has 24 N–H and O–H groups in total. The molecule has 0 radical (unpaired) electrons. The predicted octanol–water partition coefficient (Wildman–Crippen LogP) is -3.82. The van der Waals surface area contributed by atoms with Crippen molar-refractivity contribution in [1.82, 2.24) is 21.3 Å². The summed E-state index contributed by atoms with van der Waals surface area (Å²) in [6, 6.07) is -6.93. The summed E-state index contributed by atoms with van der Waals surface area (Å²) in [5.41, 5.74) is 0. The number of amides is 4. The lowest BCUT2D eigenvalue weighted by atomic mass is 9.86. The average Bonchev–Trinajstić information content (AvgIpc) is 0.762. The molecule has 5 fully saturated rings. The molecule has 0 bridgehead atoms. The smallest absolute Gasteiger partial charge is 0.364 e. The number of unbranched alkanes of at least 4 members (excludes halogenated alkanes) is 22. The van der Waals surface area contributed by atoms with Crippen LogP contribution < -0.4 is 21.3 Å². The van der Waals surface area contributed by atoms with Crippen molar-refractivity contribution in [2.45, 2.75) is 403 Å². The molecule has 5 aliphatic rings. The van der Waals surface area contributed by atoms with E-state index in [4.69, 9.17) is 47.4 Å². The number of rotatable bonds is 56. The fraction of sp³-hybridized carbons (Fsp3) is 0.909. The second-order valence-electron chi connectivity index (χ2n) is 31.8. The largest absolute Gasteiger partial charge is 0.477 e. The molecule has 0 saturated carbocycles. The van der Waals surface area contributed by atoms with Gasteiger partial charge in [-0.3, -0.25) is 19.2 Å². The Morgan fingerprint density at radius 3 is 1.18 bits per heavy atom. The predicted molar refractivity (Wildman–Crippen MR) is 406 cm³/mol. The van der Waals surface area contributed by atoms with E-state index in [2.05, 4.69) is 35.1 Å². The standard InChI is InChI=1S/C77H136N4O37/c1-6-8-10-12-14-16-18-19-21-22-24-26-28-30-45(90)44(81-54(95)31-29-27-25-23-20-17-15-13-11-9-7-2)40-109-70-63(101)62(100)65(53(39-86)111-70)112-71-64(102)69(59(97)50(36-83)110-71)118-77(74(107)108)34-48(93)57(80-43(5)89)68(117-77)61(99)52(38-85)114-76(73(105)106)33-47(92)56(79-42(4)88)67(116-76)60(98)51(37-84)113-75(72(103)104)32-46(91)55(78-41(3)87)66(115-75)58(96)49(94)35-82/h44-53,55-71,82-86,90-94,96-102H,6-40H2,1-5H3,(H,78,87)(H,79,88)(H,80,89)(H,81,95)(H,103,104)(H,105,106)(H,107,108). The third-order valence-corrected chi connectivity index (χ3v) is 22.3. The minimum atomic E-state index is -3.57. The first-order valence-corrected chi connectivity index (χ1v) is 41.7. The molecular formula is C77H136N4O37. The van der Waals surface area contributed by atoms with Crippen molar-refractivity contribution < 1.29 is 183 Å². The molecule has 30 atom stereocenters. The van der Waals surface area contributed by atoms with Gasteiger partial charge in [-0.25, -0.2) is 14.4 Å². The summed E-state index contributed by atoms with van der Waals surface area (Å²) < 4.78 is 58.2. The van der Waals surface area contributed by atoms with Gasteiger partial charge in [-0.05, 0) is 12.8 Å². The van der Waals surface area contributed by atoms with Crippen LogP contribution in [0.3, 0.4) is 0 Å². The number of carbonyl (C=O) groups excluding carboxylic acids is 4. The Balaban J connectivity index is 1.37. The van der Waals surface area contributed by atoms with Gasteiger partial charge in [0.2, 0.25) is 23.6 Å². The van der Waals surface area contributed by atoms with Gasteiger partial charge in [-0.2, -0.15) is 0 Å². The first kappa shape index (κ1) is 104. The summed E-state index contributed by atoms with van der Waals surface area (Å²) >= 11 is 0. The highest BCUT2D eigenvalue weighted by Gasteiger charge is 2.64. The Kier molecular flexibility index (Phi) is 45.3. The molecule has 41 nitrogen and oxygen atoms in total. The van der Waals surface area contributed by atoms with Gasteiger partial charge in [-0.15, -0.1) is 0 Å². The van der Waals surface area contributed by atoms with Crippen LogP contribution in [0.2, 0.25) is 0 Å². The van der Waals surface area contributed by atoms with E-state index in [1.807, 2.05) is 0 Å². The molecule has 0 aromatic carbocycles. The molecule has 0 aromatic heterocycles. The zero-order chi connectivity index (χ0) is 87.8. The maximum Gasteiger partial charge on any atom is 0.364 e. The number of hydrogen-bond donors (Lipinski definition) is 24. The zero-order valence-electron chi connectivity index (χ0n) is 68.2. The van der Waals surface area contributed by atoms with Crippen molar-refractivity contribution in [3.05, 3.63) is 0 Å². The normalized spacial score (nSPS) is 33.4. The van der Waals surface area contributed by atoms with Crippen LogP contribution in [0.4, 0.5) is 0 Å². The van der Waals surface area contributed by atoms with E-state index in [1.165, 1.54) is 77.0 Å². The Hall–Kier alpha value is -4.79. The van der Waals surface area contributed by atoms with E-state index in [9.17, 15) is 136 Å². The Morgan fingerprint density at radius 2 is 0.797 bits per heavy atom. The molecule has 0 spiro atoms. The lowest BCUT2D eigenvalue weighted by Crippen LogP contribution is -2.72. The number of aliphatic hydroxyl groups excluding tert-OH is 17. The monoisotopic (exact) mass is 1710 g/mol. The van der Waals surface area contributed by atoms with E-state index in [1.54, 1.807) is 0 Å². The molecule has 0 aromatic rings. The van der Waals surface area contributed by atoms with E-state index < -0.39 is 277 Å². The van der Waals surface area contributed by atoms with Gasteiger partial charge < -0.3 is 171 Å². The zero-order valence-corrected chi connectivity index (χ0v) is 68.2. The first-order valence-electron chi connectivity index (χ1n) is 41.7. The molecule has 5 aliphatic heterocycles. The van der Waals surface area contributed by atoms with Crippen molar-refractivity contribution in [2.75, 3.05) is 39.6 Å². The van der Waals surface area contributed by atoms with Gasteiger partial charge in [0.25, 0.3) is 17.4 Å². The molecule has 5 heterocycles. The molecule has 41 heteroatoms. The number of nitrogens with one attached hydrogen (secondary N) is 4. The quantitative estimate of drug-likeness (QED) is 0.0260. The second-order valence-corrected chi connectivity index (χ2v) is 31.8. The number of aliphatic hydroxyl groups is 17. The van der Waals surface area contributed by atoms with Gasteiger partial charge in [0.05, 0.1) is 88.2 Å². The third kappa shape index (κ3) is 29.7. The fourth-order valence-corrected chi connectivity index (χ4v) is 15.7. The van der Waals surface area contributed by atoms with Crippen LogP contribution in [0.25, 0.3) is 0 Å². The van der Waals surface area contributed by atoms with Crippen LogP contribution in [0.5, 0.6) is 0 Å². The van der Waals surface area contributed by atoms with Crippen LogP contribution in [0.15, 0.2) is 0 Å². The molecule has 4 amide bonds. The molecule has 0 aliphatic carbocycles. The molecule has 5 rings (SSSR count). The molecule has 118 heavy (non-hydrogen) atoms. The second kappa shape index (κ2) is 51.5. The summed E-state index contributed by atoms with van der Waals surface area (Å²) in [4.78, 5) is 92.0. The molecule has 5 saturated heterocycles. The number of carboxylic acids is 3. The number of aliphatic carboxylic acids is 3. The van der Waals surface area contributed by atoms with Crippen LogP contribution in [-0.4, -0.2) is 366 Å². The minimum Gasteiger partial charge on any atom is -0.477 e. The fourth-order valence-electron chi connectivity index (χ4n) is 15.7. The summed E-state index contributed by atoms with van der Waals surface area (Å²) in [6.07, 6.45) is -29.4. The van der Waals surface area contributed by atoms with Crippen LogP contribution in [0.1, 0.15) is 221 Å². The van der Waals surface area contributed by atoms with Gasteiger partial charge in [0.1, 0.15) is 104 Å². The SMILES string of the molecule is CCCCCCCCCCCCCCCC(O)C(COC1OC(CO)C(OC2OC(CO)C(O)C(OC3(C(=O)O)CC(O)C(NC(C)=O)C(C(O)C(CO)OC4(C(=O)O)CC(O)C(NC(C)=O)C(C(O)C(CO)OC5(C(=O)O)CC(O)C(NC(C)=O)C(C(O)C(O)CO)O5)O4)O3)C2O)C(O)C1O)NC(=O)CCCCCCCCCCCCC.